The van der Waals surface area contributed by atoms with Gasteiger partial charge < -0.3 is 5.32 Å². The molecule has 128 valence electrons. The second-order valence-electron chi connectivity index (χ2n) is 6.05. The molecule has 3 nitrogen and oxygen atoms in total. The van der Waals surface area contributed by atoms with Crippen LogP contribution in [0.3, 0.4) is 0 Å². The Balaban J connectivity index is 1.93. The van der Waals surface area contributed by atoms with Gasteiger partial charge in [-0.1, -0.05) is 51.3 Å². The minimum atomic E-state index is 0.549. The lowest BCUT2D eigenvalue weighted by atomic mass is 10.0. The van der Waals surface area contributed by atoms with Gasteiger partial charge in [0.2, 0.25) is 0 Å². The molecule has 0 fully saturated rings. The zero-order chi connectivity index (χ0) is 17.4. The van der Waals surface area contributed by atoms with Gasteiger partial charge in [0, 0.05) is 22.1 Å². The number of anilines is 1. The smallest absolute Gasteiger partial charge is 0.133 e. The van der Waals surface area contributed by atoms with Crippen molar-refractivity contribution >= 4 is 44.9 Å². The second-order valence-corrected chi connectivity index (χ2v) is 7.75. The molecule has 0 radical (unpaired) electrons. The first-order valence-electron chi connectivity index (χ1n) is 8.21. The Kier molecular flexibility index (Phi) is 4.76. The summed E-state index contributed by atoms with van der Waals surface area (Å²) in [5.41, 5.74) is 3.99. The highest BCUT2D eigenvalue weighted by molar-refractivity contribution is 9.10. The Morgan fingerprint density at radius 2 is 1.84 bits per heavy atom. The van der Waals surface area contributed by atoms with Crippen LogP contribution >= 0.6 is 39.1 Å². The van der Waals surface area contributed by atoms with Crippen LogP contribution in [0.2, 0.25) is 10.0 Å². The number of fused-ring (bicyclic) bond motifs is 1. The lowest BCUT2D eigenvalue weighted by Crippen LogP contribution is -2.07. The summed E-state index contributed by atoms with van der Waals surface area (Å²) in [5, 5.41) is 9.55. The Labute approximate surface area is 165 Å². The zero-order valence-corrected chi connectivity index (χ0v) is 16.5. The van der Waals surface area contributed by atoms with Crippen molar-refractivity contribution in [3.8, 4) is 16.9 Å². The van der Waals surface area contributed by atoms with E-state index in [1.54, 1.807) is 6.07 Å². The third-order valence-electron chi connectivity index (χ3n) is 4.41. The number of nitrogens with zero attached hydrogens (tertiary/aromatic N) is 2. The highest BCUT2D eigenvalue weighted by atomic mass is 79.9. The topological polar surface area (TPSA) is 29.9 Å². The fraction of sp³-hybridized carbons (Fsp3) is 0.211. The van der Waals surface area contributed by atoms with E-state index >= 15 is 0 Å². The lowest BCUT2D eigenvalue weighted by molar-refractivity contribution is 0.780. The van der Waals surface area contributed by atoms with Crippen LogP contribution in [0.15, 0.2) is 46.9 Å². The van der Waals surface area contributed by atoms with Crippen molar-refractivity contribution < 1.29 is 0 Å². The molecule has 1 N–H and O–H groups in total. The third kappa shape index (κ3) is 3.19. The monoisotopic (exact) mass is 435 g/mol. The number of hydrogen-bond acceptors (Lipinski definition) is 2. The molecule has 0 amide bonds. The summed E-state index contributed by atoms with van der Waals surface area (Å²) in [4.78, 5) is 0. The van der Waals surface area contributed by atoms with E-state index in [1.807, 2.05) is 41.1 Å². The van der Waals surface area contributed by atoms with Crippen LogP contribution in [0.25, 0.3) is 16.9 Å². The maximum atomic E-state index is 6.48. The van der Waals surface area contributed by atoms with Crippen LogP contribution in [0.5, 0.6) is 0 Å². The first-order chi connectivity index (χ1) is 12.1. The van der Waals surface area contributed by atoms with Crippen molar-refractivity contribution in [2.75, 3.05) is 11.9 Å². The van der Waals surface area contributed by atoms with Crippen LogP contribution in [0, 0.1) is 0 Å². The van der Waals surface area contributed by atoms with Gasteiger partial charge in [0.05, 0.1) is 21.4 Å². The van der Waals surface area contributed by atoms with E-state index in [1.165, 1.54) is 5.56 Å². The minimum Gasteiger partial charge on any atom is -0.370 e. The summed E-state index contributed by atoms with van der Waals surface area (Å²) < 4.78 is 3.01. The van der Waals surface area contributed by atoms with Crippen molar-refractivity contribution in [2.45, 2.75) is 19.3 Å². The summed E-state index contributed by atoms with van der Waals surface area (Å²) in [6.45, 7) is 0.942. The Bertz CT molecular complexity index is 919. The fourth-order valence-electron chi connectivity index (χ4n) is 3.17. The Morgan fingerprint density at radius 3 is 2.64 bits per heavy atom. The highest BCUT2D eigenvalue weighted by Crippen LogP contribution is 2.39. The predicted octanol–water partition coefficient (Wildman–Crippen LogP) is 6.36. The largest absolute Gasteiger partial charge is 0.370 e. The number of halogens is 3. The van der Waals surface area contributed by atoms with Crippen molar-refractivity contribution in [3.63, 3.8) is 0 Å². The van der Waals surface area contributed by atoms with Crippen molar-refractivity contribution in [1.82, 2.24) is 9.78 Å². The average molecular weight is 437 g/mol. The number of rotatable bonds is 2. The molecular weight excluding hydrogens is 421 g/mol. The maximum absolute atomic E-state index is 6.48. The van der Waals surface area contributed by atoms with E-state index < -0.39 is 0 Å². The molecule has 0 bridgehead atoms. The standard InChI is InChI=1S/C19H16BrCl2N3/c20-12-7-9-13(10-8-12)25-19-15(4-1-2-11-23-19)18(24-25)14-5-3-6-16(21)17(14)22/h3,5-10,23H,1-2,4,11H2. The molecule has 25 heavy (non-hydrogen) atoms. The molecule has 0 saturated carbocycles. The molecule has 0 saturated heterocycles. The van der Waals surface area contributed by atoms with Gasteiger partial charge >= 0.3 is 0 Å². The van der Waals surface area contributed by atoms with Crippen LogP contribution in [0.1, 0.15) is 18.4 Å². The van der Waals surface area contributed by atoms with Crippen LogP contribution in [0.4, 0.5) is 5.82 Å². The van der Waals surface area contributed by atoms with Crippen molar-refractivity contribution in [2.24, 2.45) is 0 Å². The Hall–Kier alpha value is -1.49. The molecule has 6 heteroatoms. The van der Waals surface area contributed by atoms with Crippen LogP contribution in [-0.2, 0) is 6.42 Å². The first kappa shape index (κ1) is 17.0. The molecular formula is C19H16BrCl2N3. The van der Waals surface area contributed by atoms with Gasteiger partial charge in [0.15, 0.2) is 0 Å². The van der Waals surface area contributed by atoms with Gasteiger partial charge in [-0.3, -0.25) is 0 Å². The molecule has 0 aliphatic carbocycles. The molecule has 3 aromatic rings. The molecule has 2 heterocycles. The summed E-state index contributed by atoms with van der Waals surface area (Å²) in [7, 11) is 0. The van der Waals surface area contributed by atoms with E-state index in [4.69, 9.17) is 28.3 Å². The Morgan fingerprint density at radius 1 is 1.04 bits per heavy atom. The van der Waals surface area contributed by atoms with E-state index in [0.29, 0.717) is 10.0 Å². The highest BCUT2D eigenvalue weighted by Gasteiger charge is 2.23. The third-order valence-corrected chi connectivity index (χ3v) is 5.75. The summed E-state index contributed by atoms with van der Waals surface area (Å²) in [6, 6.07) is 13.8. The normalized spacial score (nSPS) is 13.9. The fourth-order valence-corrected chi connectivity index (χ4v) is 3.83. The van der Waals surface area contributed by atoms with Crippen molar-refractivity contribution in [3.05, 3.63) is 62.5 Å². The average Bonchev–Trinajstić information content (AvgIpc) is 2.80. The van der Waals surface area contributed by atoms with Crippen LogP contribution < -0.4 is 5.32 Å². The number of nitrogens with one attached hydrogen (secondary N) is 1. The van der Waals surface area contributed by atoms with Crippen LogP contribution in [-0.4, -0.2) is 16.3 Å². The van der Waals surface area contributed by atoms with E-state index in [-0.39, 0.29) is 0 Å². The van der Waals surface area contributed by atoms with E-state index in [9.17, 15) is 0 Å². The molecule has 0 spiro atoms. The number of benzene rings is 2. The van der Waals surface area contributed by atoms with Gasteiger partial charge in [0.25, 0.3) is 0 Å². The zero-order valence-electron chi connectivity index (χ0n) is 13.4. The van der Waals surface area contributed by atoms with Gasteiger partial charge in [-0.05, 0) is 49.6 Å². The summed E-state index contributed by atoms with van der Waals surface area (Å²) >= 11 is 16.2. The number of aromatic nitrogens is 2. The quantitative estimate of drug-likeness (QED) is 0.506. The molecule has 4 rings (SSSR count). The molecule has 0 atom stereocenters. The summed E-state index contributed by atoms with van der Waals surface area (Å²) in [6.07, 6.45) is 3.23. The summed E-state index contributed by atoms with van der Waals surface area (Å²) in [5.74, 6) is 1.05. The SMILES string of the molecule is Clc1cccc(-c2nn(-c3ccc(Br)cc3)c3c2CCCCN3)c1Cl. The lowest BCUT2D eigenvalue weighted by Gasteiger charge is -2.09. The first-order valence-corrected chi connectivity index (χ1v) is 9.76. The van der Waals surface area contributed by atoms with Gasteiger partial charge in [-0.15, -0.1) is 0 Å². The molecule has 1 aromatic heterocycles. The van der Waals surface area contributed by atoms with E-state index in [2.05, 4.69) is 21.2 Å². The predicted molar refractivity (Wildman–Crippen MR) is 108 cm³/mol. The number of hydrogen-bond donors (Lipinski definition) is 1. The minimum absolute atomic E-state index is 0.549. The van der Waals surface area contributed by atoms with E-state index in [0.717, 1.165) is 53.0 Å². The van der Waals surface area contributed by atoms with Gasteiger partial charge in [-0.2, -0.15) is 5.10 Å². The molecule has 0 unspecified atom stereocenters. The second kappa shape index (κ2) is 7.02. The van der Waals surface area contributed by atoms with Gasteiger partial charge in [0.1, 0.15) is 5.82 Å². The van der Waals surface area contributed by atoms with Crippen molar-refractivity contribution in [1.29, 1.82) is 0 Å². The van der Waals surface area contributed by atoms with Gasteiger partial charge in [-0.25, -0.2) is 4.68 Å². The maximum Gasteiger partial charge on any atom is 0.133 e. The molecule has 1 aliphatic heterocycles. The molecule has 2 aromatic carbocycles. The molecule has 1 aliphatic rings.